The van der Waals surface area contributed by atoms with Crippen LogP contribution in [0.15, 0.2) is 42.5 Å². The molecule has 132 valence electrons. The molecule has 0 atom stereocenters. The van der Waals surface area contributed by atoms with Crippen molar-refractivity contribution in [3.63, 3.8) is 0 Å². The minimum atomic E-state index is -0.627. The van der Waals surface area contributed by atoms with E-state index in [0.717, 1.165) is 6.07 Å². The summed E-state index contributed by atoms with van der Waals surface area (Å²) in [6.07, 6.45) is -0.621. The standard InChI is InChI=1S/C18H18ClFN2O3/c1-18(2,3)25-17(24)22-12-6-4-5-11(9-12)16(23)21-13-7-8-14(19)15(20)10-13/h4-10H,1-3H3,(H,21,23)(H,22,24). The first-order chi connectivity index (χ1) is 11.6. The minimum absolute atomic E-state index is 0.0263. The Kier molecular flexibility index (Phi) is 5.64. The molecule has 7 heteroatoms. The smallest absolute Gasteiger partial charge is 0.412 e. The van der Waals surface area contributed by atoms with Crippen molar-refractivity contribution in [1.82, 2.24) is 0 Å². The maximum absolute atomic E-state index is 13.4. The molecule has 0 fully saturated rings. The number of nitrogens with one attached hydrogen (secondary N) is 2. The quantitative estimate of drug-likeness (QED) is 0.798. The molecule has 0 saturated heterocycles. The summed E-state index contributed by atoms with van der Waals surface area (Å²) in [6, 6.07) is 10.3. The molecule has 0 aliphatic rings. The summed E-state index contributed by atoms with van der Waals surface area (Å²) in [4.78, 5) is 24.0. The minimum Gasteiger partial charge on any atom is -0.444 e. The Labute approximate surface area is 150 Å². The fourth-order valence-electron chi connectivity index (χ4n) is 1.94. The summed E-state index contributed by atoms with van der Waals surface area (Å²) < 4.78 is 18.6. The third-order valence-corrected chi connectivity index (χ3v) is 3.25. The number of hydrogen-bond donors (Lipinski definition) is 2. The van der Waals surface area contributed by atoms with Crippen molar-refractivity contribution in [3.05, 3.63) is 58.9 Å². The largest absolute Gasteiger partial charge is 0.444 e. The predicted molar refractivity (Wildman–Crippen MR) is 95.7 cm³/mol. The van der Waals surface area contributed by atoms with Gasteiger partial charge in [0.1, 0.15) is 11.4 Å². The lowest BCUT2D eigenvalue weighted by Crippen LogP contribution is -2.27. The highest BCUT2D eigenvalue weighted by Gasteiger charge is 2.16. The van der Waals surface area contributed by atoms with Crippen molar-refractivity contribution < 1.29 is 18.7 Å². The van der Waals surface area contributed by atoms with Crippen LogP contribution in [-0.4, -0.2) is 17.6 Å². The average molecular weight is 365 g/mol. The zero-order valence-corrected chi connectivity index (χ0v) is 14.8. The molecular formula is C18H18ClFN2O3. The number of ether oxygens (including phenoxy) is 1. The van der Waals surface area contributed by atoms with Gasteiger partial charge in [-0.3, -0.25) is 10.1 Å². The summed E-state index contributed by atoms with van der Waals surface area (Å²) in [5, 5.41) is 5.09. The Morgan fingerprint density at radius 1 is 1.04 bits per heavy atom. The van der Waals surface area contributed by atoms with Gasteiger partial charge < -0.3 is 10.1 Å². The lowest BCUT2D eigenvalue weighted by Gasteiger charge is -2.19. The Morgan fingerprint density at radius 3 is 2.36 bits per heavy atom. The molecule has 0 unspecified atom stereocenters. The number of halogens is 2. The summed E-state index contributed by atoms with van der Waals surface area (Å²) in [7, 11) is 0. The van der Waals surface area contributed by atoms with Gasteiger partial charge >= 0.3 is 6.09 Å². The van der Waals surface area contributed by atoms with E-state index in [9.17, 15) is 14.0 Å². The van der Waals surface area contributed by atoms with E-state index in [1.165, 1.54) is 18.2 Å². The average Bonchev–Trinajstić information content (AvgIpc) is 2.49. The highest BCUT2D eigenvalue weighted by atomic mass is 35.5. The fourth-order valence-corrected chi connectivity index (χ4v) is 2.05. The van der Waals surface area contributed by atoms with Crippen LogP contribution >= 0.6 is 11.6 Å². The molecule has 2 N–H and O–H groups in total. The van der Waals surface area contributed by atoms with Gasteiger partial charge in [-0.2, -0.15) is 0 Å². The number of hydrogen-bond acceptors (Lipinski definition) is 3. The molecule has 0 aliphatic heterocycles. The highest BCUT2D eigenvalue weighted by Crippen LogP contribution is 2.20. The first-order valence-electron chi connectivity index (χ1n) is 7.50. The van der Waals surface area contributed by atoms with Gasteiger partial charge in [-0.1, -0.05) is 17.7 Å². The first-order valence-corrected chi connectivity index (χ1v) is 7.88. The van der Waals surface area contributed by atoms with Crippen LogP contribution < -0.4 is 10.6 Å². The highest BCUT2D eigenvalue weighted by molar-refractivity contribution is 6.30. The van der Waals surface area contributed by atoms with Crippen LogP contribution in [0.1, 0.15) is 31.1 Å². The van der Waals surface area contributed by atoms with Gasteiger partial charge in [0.15, 0.2) is 0 Å². The number of benzene rings is 2. The van der Waals surface area contributed by atoms with Gasteiger partial charge in [0.05, 0.1) is 5.02 Å². The van der Waals surface area contributed by atoms with Crippen molar-refractivity contribution in [2.45, 2.75) is 26.4 Å². The molecule has 5 nitrogen and oxygen atoms in total. The third-order valence-electron chi connectivity index (χ3n) is 2.95. The molecule has 2 aromatic carbocycles. The number of carbonyl (C=O) groups is 2. The Morgan fingerprint density at radius 2 is 1.72 bits per heavy atom. The number of amides is 2. The molecule has 2 rings (SSSR count). The third kappa shape index (κ3) is 5.76. The van der Waals surface area contributed by atoms with Crippen LogP contribution in [0.25, 0.3) is 0 Å². The van der Waals surface area contributed by atoms with E-state index in [1.807, 2.05) is 0 Å². The second-order valence-corrected chi connectivity index (χ2v) is 6.70. The molecule has 2 aromatic rings. The zero-order valence-electron chi connectivity index (χ0n) is 14.0. The van der Waals surface area contributed by atoms with Crippen molar-refractivity contribution in [2.75, 3.05) is 10.6 Å². The lowest BCUT2D eigenvalue weighted by molar-refractivity contribution is 0.0635. The molecule has 0 bridgehead atoms. The van der Waals surface area contributed by atoms with E-state index in [0.29, 0.717) is 11.3 Å². The lowest BCUT2D eigenvalue weighted by atomic mass is 10.2. The molecule has 0 spiro atoms. The van der Waals surface area contributed by atoms with Crippen LogP contribution in [0.4, 0.5) is 20.6 Å². The summed E-state index contributed by atoms with van der Waals surface area (Å²) in [5.74, 6) is -1.07. The van der Waals surface area contributed by atoms with Crippen molar-refractivity contribution in [2.24, 2.45) is 0 Å². The summed E-state index contributed by atoms with van der Waals surface area (Å²) in [5.41, 5.74) is 0.350. The molecule has 2 amide bonds. The van der Waals surface area contributed by atoms with Gasteiger partial charge in [-0.25, -0.2) is 9.18 Å². The second kappa shape index (κ2) is 7.53. The Bertz CT molecular complexity index is 803. The molecule has 0 heterocycles. The van der Waals surface area contributed by atoms with Crippen LogP contribution in [-0.2, 0) is 4.74 Å². The van der Waals surface area contributed by atoms with Crippen LogP contribution in [0.2, 0.25) is 5.02 Å². The monoisotopic (exact) mass is 364 g/mol. The van der Waals surface area contributed by atoms with Crippen molar-refractivity contribution in [3.8, 4) is 0 Å². The van der Waals surface area contributed by atoms with Gasteiger partial charge in [-0.05, 0) is 57.2 Å². The van der Waals surface area contributed by atoms with E-state index in [-0.39, 0.29) is 10.7 Å². The van der Waals surface area contributed by atoms with Crippen molar-refractivity contribution >= 4 is 35.0 Å². The number of anilines is 2. The number of carbonyl (C=O) groups excluding carboxylic acids is 2. The van der Waals surface area contributed by atoms with E-state index < -0.39 is 23.4 Å². The zero-order chi connectivity index (χ0) is 18.6. The van der Waals surface area contributed by atoms with Gasteiger partial charge in [0, 0.05) is 16.9 Å². The van der Waals surface area contributed by atoms with Crippen LogP contribution in [0.5, 0.6) is 0 Å². The predicted octanol–water partition coefficient (Wildman–Crippen LogP) is 5.08. The van der Waals surface area contributed by atoms with E-state index in [2.05, 4.69) is 10.6 Å². The molecular weight excluding hydrogens is 347 g/mol. The molecule has 0 aromatic heterocycles. The molecule has 0 radical (unpaired) electrons. The van der Waals surface area contributed by atoms with E-state index in [4.69, 9.17) is 16.3 Å². The Hall–Kier alpha value is -2.60. The van der Waals surface area contributed by atoms with Gasteiger partial charge in [-0.15, -0.1) is 0 Å². The van der Waals surface area contributed by atoms with Gasteiger partial charge in [0.25, 0.3) is 5.91 Å². The first kappa shape index (κ1) is 18.7. The van der Waals surface area contributed by atoms with Crippen molar-refractivity contribution in [1.29, 1.82) is 0 Å². The topological polar surface area (TPSA) is 67.4 Å². The molecule has 0 saturated carbocycles. The van der Waals surface area contributed by atoms with E-state index >= 15 is 0 Å². The van der Waals surface area contributed by atoms with Gasteiger partial charge in [0.2, 0.25) is 0 Å². The maximum atomic E-state index is 13.4. The second-order valence-electron chi connectivity index (χ2n) is 6.29. The number of rotatable bonds is 3. The summed E-state index contributed by atoms with van der Waals surface area (Å²) >= 11 is 5.61. The van der Waals surface area contributed by atoms with E-state index in [1.54, 1.807) is 39.0 Å². The molecule has 0 aliphatic carbocycles. The maximum Gasteiger partial charge on any atom is 0.412 e. The van der Waals surface area contributed by atoms with Crippen LogP contribution in [0, 0.1) is 5.82 Å². The Balaban J connectivity index is 2.08. The fraction of sp³-hybridized carbons (Fsp3) is 0.222. The SMILES string of the molecule is CC(C)(C)OC(=O)Nc1cccc(C(=O)Nc2ccc(Cl)c(F)c2)c1. The normalized spacial score (nSPS) is 10.9. The van der Waals surface area contributed by atoms with Crippen LogP contribution in [0.3, 0.4) is 0 Å². The summed E-state index contributed by atoms with van der Waals surface area (Å²) in [6.45, 7) is 5.26. The molecule has 25 heavy (non-hydrogen) atoms.